The summed E-state index contributed by atoms with van der Waals surface area (Å²) in [7, 11) is -3.48. The predicted octanol–water partition coefficient (Wildman–Crippen LogP) is 4.83. The fourth-order valence-electron chi connectivity index (χ4n) is 3.90. The van der Waals surface area contributed by atoms with Crippen LogP contribution < -0.4 is 5.32 Å². The molecule has 1 aliphatic heterocycles. The largest absolute Gasteiger partial charge is 0.348 e. The van der Waals surface area contributed by atoms with Gasteiger partial charge in [-0.05, 0) is 67.4 Å². The second kappa shape index (κ2) is 10.6. The number of halogens is 2. The van der Waals surface area contributed by atoms with Gasteiger partial charge < -0.3 is 5.32 Å². The highest BCUT2D eigenvalue weighted by molar-refractivity contribution is 7.91. The fraction of sp³-hybridized carbons (Fsp3) is 0.375. The van der Waals surface area contributed by atoms with Crippen molar-refractivity contribution in [2.24, 2.45) is 0 Å². The van der Waals surface area contributed by atoms with E-state index < -0.39 is 21.6 Å². The van der Waals surface area contributed by atoms with Gasteiger partial charge in [-0.15, -0.1) is 0 Å². The molecule has 0 saturated carbocycles. The van der Waals surface area contributed by atoms with Crippen LogP contribution in [0, 0.1) is 5.82 Å². The Morgan fingerprint density at radius 1 is 1.22 bits per heavy atom. The number of hydrogen-bond donors (Lipinski definition) is 1. The molecule has 0 unspecified atom stereocenters. The SMILES string of the molecule is C=Cc1cc(C(=O)NCc2cc(Cl)ccc2S(=O)(=O)CC)cc(F)c1CN1CCCCC1. The molecule has 5 nitrogen and oxygen atoms in total. The van der Waals surface area contributed by atoms with Gasteiger partial charge in [0.05, 0.1) is 10.6 Å². The lowest BCUT2D eigenvalue weighted by Crippen LogP contribution is -2.30. The molecule has 1 heterocycles. The van der Waals surface area contributed by atoms with Gasteiger partial charge in [0.25, 0.3) is 5.91 Å². The molecule has 1 fully saturated rings. The summed E-state index contributed by atoms with van der Waals surface area (Å²) in [5.74, 6) is -1.02. The topological polar surface area (TPSA) is 66.5 Å². The van der Waals surface area contributed by atoms with Crippen molar-refractivity contribution in [3.63, 3.8) is 0 Å². The molecule has 1 N–H and O–H groups in total. The summed E-state index contributed by atoms with van der Waals surface area (Å²) < 4.78 is 39.7. The number of carbonyl (C=O) groups excluding carboxylic acids is 1. The summed E-state index contributed by atoms with van der Waals surface area (Å²) in [6, 6.07) is 7.30. The lowest BCUT2D eigenvalue weighted by atomic mass is 10.0. The van der Waals surface area contributed by atoms with E-state index in [1.165, 1.54) is 30.7 Å². The zero-order chi connectivity index (χ0) is 23.3. The van der Waals surface area contributed by atoms with E-state index in [0.29, 0.717) is 28.3 Å². The fourth-order valence-corrected chi connectivity index (χ4v) is 5.21. The van der Waals surface area contributed by atoms with Gasteiger partial charge in [-0.1, -0.05) is 37.6 Å². The standard InChI is InChI=1S/C24H28ClFN2O3S/c1-3-17-12-18(14-22(26)21(17)16-28-10-6-5-7-11-28)24(29)27-15-19-13-20(25)8-9-23(19)32(30,31)4-2/h3,8-9,12-14H,1,4-7,10-11,15-16H2,2H3,(H,27,29). The van der Waals surface area contributed by atoms with E-state index in [1.54, 1.807) is 19.1 Å². The van der Waals surface area contributed by atoms with Crippen LogP contribution in [-0.2, 0) is 22.9 Å². The van der Waals surface area contributed by atoms with Crippen LogP contribution in [0.2, 0.25) is 5.02 Å². The van der Waals surface area contributed by atoms with Gasteiger partial charge in [-0.25, -0.2) is 12.8 Å². The summed E-state index contributed by atoms with van der Waals surface area (Å²) in [6.45, 7) is 7.63. The molecule has 0 bridgehead atoms. The Kier molecular flexibility index (Phi) is 8.09. The third kappa shape index (κ3) is 5.77. The Hall–Kier alpha value is -2.22. The lowest BCUT2D eigenvalue weighted by molar-refractivity contribution is 0.0950. The van der Waals surface area contributed by atoms with Crippen molar-refractivity contribution in [3.05, 3.63) is 70.0 Å². The first-order chi connectivity index (χ1) is 15.2. The minimum Gasteiger partial charge on any atom is -0.348 e. The Labute approximate surface area is 194 Å². The van der Waals surface area contributed by atoms with Crippen LogP contribution in [0.15, 0.2) is 41.8 Å². The minimum atomic E-state index is -3.48. The summed E-state index contributed by atoms with van der Waals surface area (Å²) in [5.41, 5.74) is 1.66. The van der Waals surface area contributed by atoms with Crippen LogP contribution in [0.4, 0.5) is 4.39 Å². The maximum absolute atomic E-state index is 14.9. The number of rotatable bonds is 8. The number of nitrogens with zero attached hydrogens (tertiary/aromatic N) is 1. The van der Waals surface area contributed by atoms with Crippen molar-refractivity contribution >= 4 is 33.4 Å². The highest BCUT2D eigenvalue weighted by Crippen LogP contribution is 2.24. The van der Waals surface area contributed by atoms with Gasteiger partial charge in [0.15, 0.2) is 9.84 Å². The van der Waals surface area contributed by atoms with Crippen LogP contribution in [0.25, 0.3) is 6.08 Å². The first kappa shape index (κ1) is 24.4. The van der Waals surface area contributed by atoms with Gasteiger partial charge >= 0.3 is 0 Å². The van der Waals surface area contributed by atoms with Gasteiger partial charge in [-0.3, -0.25) is 9.69 Å². The molecule has 0 atom stereocenters. The van der Waals surface area contributed by atoms with Crippen molar-refractivity contribution in [1.29, 1.82) is 0 Å². The zero-order valence-corrected chi connectivity index (χ0v) is 19.7. The summed E-state index contributed by atoms with van der Waals surface area (Å²) in [4.78, 5) is 15.1. The van der Waals surface area contributed by atoms with E-state index >= 15 is 0 Å². The number of benzene rings is 2. The maximum atomic E-state index is 14.9. The number of likely N-dealkylation sites (tertiary alicyclic amines) is 1. The van der Waals surface area contributed by atoms with Crippen molar-refractivity contribution < 1.29 is 17.6 Å². The molecule has 3 rings (SSSR count). The van der Waals surface area contributed by atoms with Crippen molar-refractivity contribution in [1.82, 2.24) is 10.2 Å². The molecule has 32 heavy (non-hydrogen) atoms. The molecular weight excluding hydrogens is 451 g/mol. The monoisotopic (exact) mass is 478 g/mol. The van der Waals surface area contributed by atoms with Crippen LogP contribution >= 0.6 is 11.6 Å². The average molecular weight is 479 g/mol. The molecule has 172 valence electrons. The zero-order valence-electron chi connectivity index (χ0n) is 18.2. The molecule has 8 heteroatoms. The van der Waals surface area contributed by atoms with E-state index in [1.807, 2.05) is 0 Å². The summed E-state index contributed by atoms with van der Waals surface area (Å²) >= 11 is 6.03. The number of sulfone groups is 1. The predicted molar refractivity (Wildman–Crippen MR) is 126 cm³/mol. The van der Waals surface area contributed by atoms with Crippen molar-refractivity contribution in [3.8, 4) is 0 Å². The first-order valence-corrected chi connectivity index (χ1v) is 12.7. The Morgan fingerprint density at radius 2 is 1.94 bits per heavy atom. The molecule has 0 aliphatic carbocycles. The quantitative estimate of drug-likeness (QED) is 0.590. The molecule has 1 saturated heterocycles. The molecule has 2 aromatic carbocycles. The van der Waals surface area contributed by atoms with E-state index in [-0.39, 0.29) is 22.8 Å². The normalized spacial score (nSPS) is 14.8. The second-order valence-electron chi connectivity index (χ2n) is 7.90. The minimum absolute atomic E-state index is 0.0471. The highest BCUT2D eigenvalue weighted by atomic mass is 35.5. The number of piperidine rings is 1. The van der Waals surface area contributed by atoms with Gasteiger partial charge in [-0.2, -0.15) is 0 Å². The van der Waals surface area contributed by atoms with E-state index in [9.17, 15) is 17.6 Å². The Morgan fingerprint density at radius 3 is 2.59 bits per heavy atom. The highest BCUT2D eigenvalue weighted by Gasteiger charge is 2.20. The van der Waals surface area contributed by atoms with Gasteiger partial charge in [0.2, 0.25) is 0 Å². The molecule has 0 spiro atoms. The Bertz CT molecular complexity index is 1110. The number of hydrogen-bond acceptors (Lipinski definition) is 4. The molecule has 0 aromatic heterocycles. The van der Waals surface area contributed by atoms with Crippen LogP contribution in [-0.4, -0.2) is 38.1 Å². The second-order valence-corrected chi connectivity index (χ2v) is 10.6. The molecule has 0 radical (unpaired) electrons. The molecule has 1 amide bonds. The molecular formula is C24H28ClFN2O3S. The summed E-state index contributed by atoms with van der Waals surface area (Å²) in [6.07, 6.45) is 4.96. The van der Waals surface area contributed by atoms with E-state index in [0.717, 1.165) is 25.9 Å². The van der Waals surface area contributed by atoms with Gasteiger partial charge in [0.1, 0.15) is 5.82 Å². The maximum Gasteiger partial charge on any atom is 0.251 e. The Balaban J connectivity index is 1.79. The van der Waals surface area contributed by atoms with Crippen molar-refractivity contribution in [2.75, 3.05) is 18.8 Å². The van der Waals surface area contributed by atoms with Crippen molar-refractivity contribution in [2.45, 2.75) is 44.2 Å². The van der Waals surface area contributed by atoms with Gasteiger partial charge in [0, 0.05) is 29.2 Å². The van der Waals surface area contributed by atoms with Crippen LogP contribution in [0.1, 0.15) is 53.2 Å². The first-order valence-electron chi connectivity index (χ1n) is 10.7. The van der Waals surface area contributed by atoms with Crippen LogP contribution in [0.3, 0.4) is 0 Å². The average Bonchev–Trinajstić information content (AvgIpc) is 2.79. The third-order valence-corrected chi connectivity index (χ3v) is 7.78. The lowest BCUT2D eigenvalue weighted by Gasteiger charge is -2.27. The number of carbonyl (C=O) groups is 1. The third-order valence-electron chi connectivity index (χ3n) is 5.72. The van der Waals surface area contributed by atoms with E-state index in [2.05, 4.69) is 16.8 Å². The molecule has 2 aromatic rings. The summed E-state index contributed by atoms with van der Waals surface area (Å²) in [5, 5.41) is 3.05. The molecule has 1 aliphatic rings. The number of amides is 1. The van der Waals surface area contributed by atoms with E-state index in [4.69, 9.17) is 11.6 Å². The smallest absolute Gasteiger partial charge is 0.251 e. The number of nitrogens with one attached hydrogen (secondary N) is 1. The van der Waals surface area contributed by atoms with Crippen LogP contribution in [0.5, 0.6) is 0 Å².